The van der Waals surface area contributed by atoms with Crippen molar-refractivity contribution < 1.29 is 19.1 Å². The van der Waals surface area contributed by atoms with E-state index in [2.05, 4.69) is 4.79 Å². The van der Waals surface area contributed by atoms with Crippen molar-refractivity contribution in [2.75, 3.05) is 0 Å². The van der Waals surface area contributed by atoms with Crippen molar-refractivity contribution in [2.24, 2.45) is 0 Å². The van der Waals surface area contributed by atoms with Gasteiger partial charge < -0.3 is 10.3 Å². The first kappa shape index (κ1) is 12.5. The first-order chi connectivity index (χ1) is 6.31. The van der Waals surface area contributed by atoms with Crippen LogP contribution in [0, 0.1) is 0 Å². The number of ether oxygens (including phenoxy) is 1. The van der Waals surface area contributed by atoms with Crippen molar-refractivity contribution >= 4 is 17.5 Å². The molecule has 0 N–H and O–H groups in total. The van der Waals surface area contributed by atoms with E-state index in [-0.39, 0.29) is 6.42 Å². The van der Waals surface area contributed by atoms with Gasteiger partial charge in [0.2, 0.25) is 0 Å². The van der Waals surface area contributed by atoms with Crippen LogP contribution in [-0.2, 0) is 14.3 Å². The molecule has 0 atom stereocenters. The maximum Gasteiger partial charge on any atom is 0.441 e. The zero-order valence-corrected chi connectivity index (χ0v) is 8.83. The number of ketones is 1. The largest absolute Gasteiger partial charge is 0.451 e. The quantitative estimate of drug-likeness (QED) is 0.223. The Morgan fingerprint density at radius 1 is 1.36 bits per heavy atom. The first-order valence-corrected chi connectivity index (χ1v) is 4.30. The minimum absolute atomic E-state index is 0.0959. The van der Waals surface area contributed by atoms with Gasteiger partial charge in [0.25, 0.3) is 5.78 Å². The van der Waals surface area contributed by atoms with Crippen LogP contribution in [0.15, 0.2) is 0 Å². The van der Waals surface area contributed by atoms with E-state index in [1.807, 2.05) is 0 Å². The molecule has 0 rings (SSSR count). The third kappa shape index (κ3) is 3.96. The topological polar surface area (TPSA) is 79.8 Å². The highest BCUT2D eigenvalue weighted by atomic mass is 16.6. The Hall–Kier alpha value is -1.48. The first-order valence-electron chi connectivity index (χ1n) is 4.30. The van der Waals surface area contributed by atoms with E-state index in [1.54, 1.807) is 27.7 Å². The predicted octanol–water partition coefficient (Wildman–Crippen LogP) is 0.978. The fourth-order valence-corrected chi connectivity index (χ4v) is 0.704. The van der Waals surface area contributed by atoms with E-state index in [0.717, 1.165) is 0 Å². The Labute approximate surface area is 82.7 Å². The van der Waals surface area contributed by atoms with E-state index in [1.165, 1.54) is 0 Å². The summed E-state index contributed by atoms with van der Waals surface area (Å²) in [6, 6.07) is 0. The number of hydrogen-bond acceptors (Lipinski definition) is 3. The van der Waals surface area contributed by atoms with Crippen LogP contribution in [0.5, 0.6) is 0 Å². The van der Waals surface area contributed by atoms with Crippen molar-refractivity contribution in [3.05, 3.63) is 5.53 Å². The lowest BCUT2D eigenvalue weighted by Gasteiger charge is -2.17. The van der Waals surface area contributed by atoms with Crippen LogP contribution < -0.4 is 0 Å². The lowest BCUT2D eigenvalue weighted by atomic mass is 10.1. The van der Waals surface area contributed by atoms with Gasteiger partial charge in [0.15, 0.2) is 0 Å². The molecule has 0 aliphatic heterocycles. The molecule has 0 aliphatic rings. The summed E-state index contributed by atoms with van der Waals surface area (Å²) >= 11 is 0. The molecule has 0 unspecified atom stereocenters. The second-order valence-corrected chi connectivity index (χ2v) is 3.73. The third-order valence-electron chi connectivity index (χ3n) is 1.28. The van der Waals surface area contributed by atoms with Crippen molar-refractivity contribution in [3.63, 3.8) is 0 Å². The zero-order chi connectivity index (χ0) is 11.4. The van der Waals surface area contributed by atoms with Gasteiger partial charge in [0, 0.05) is 6.42 Å². The van der Waals surface area contributed by atoms with Crippen LogP contribution in [0.3, 0.4) is 0 Å². The zero-order valence-electron chi connectivity index (χ0n) is 8.83. The van der Waals surface area contributed by atoms with Gasteiger partial charge in [-0.15, -0.1) is 0 Å². The van der Waals surface area contributed by atoms with Crippen molar-refractivity contribution in [1.29, 1.82) is 0 Å². The summed E-state index contributed by atoms with van der Waals surface area (Å²) in [5.41, 5.74) is 7.20. The molecule has 0 aromatic rings. The van der Waals surface area contributed by atoms with Crippen LogP contribution in [0.2, 0.25) is 0 Å². The summed E-state index contributed by atoms with van der Waals surface area (Å²) in [5, 5.41) is 0. The normalized spacial score (nSPS) is 10.3. The fraction of sp³-hybridized carbons (Fsp3) is 0.667. The van der Waals surface area contributed by atoms with Gasteiger partial charge in [-0.05, 0) is 20.8 Å². The number of Topliss-reactive ketones (excluding diaryl/α,β-unsaturated/α-hetero) is 1. The molecule has 0 spiro atoms. The molecule has 78 valence electrons. The SMILES string of the molecule is CCC(=O)C(=[N+]=[N-])C(=O)OC(C)(C)C. The van der Waals surface area contributed by atoms with Crippen molar-refractivity contribution in [2.45, 2.75) is 39.7 Å². The third-order valence-corrected chi connectivity index (χ3v) is 1.28. The minimum Gasteiger partial charge on any atom is -0.451 e. The standard InChI is InChI=1S/C9H14N2O3/c1-5-6(12)7(11-10)8(13)14-9(2,3)4/h5H2,1-4H3. The van der Waals surface area contributed by atoms with E-state index >= 15 is 0 Å². The molecule has 5 nitrogen and oxygen atoms in total. The number of rotatable bonds is 3. The summed E-state index contributed by atoms with van der Waals surface area (Å²) in [4.78, 5) is 25.0. The molecule has 0 aromatic heterocycles. The van der Waals surface area contributed by atoms with Gasteiger partial charge in [0.05, 0.1) is 0 Å². The van der Waals surface area contributed by atoms with Crippen LogP contribution in [-0.4, -0.2) is 27.9 Å². The summed E-state index contributed by atoms with van der Waals surface area (Å²) in [5.74, 6) is -1.44. The molecule has 0 heterocycles. The second-order valence-electron chi connectivity index (χ2n) is 3.73. The number of esters is 1. The molecule has 0 aromatic carbocycles. The van der Waals surface area contributed by atoms with E-state index < -0.39 is 23.1 Å². The minimum atomic E-state index is -0.896. The molecule has 0 bridgehead atoms. The monoisotopic (exact) mass is 198 g/mol. The van der Waals surface area contributed by atoms with Crippen molar-refractivity contribution in [3.8, 4) is 0 Å². The molecule has 14 heavy (non-hydrogen) atoms. The van der Waals surface area contributed by atoms with Crippen LogP contribution in [0.1, 0.15) is 34.1 Å². The molecule has 0 saturated heterocycles. The summed E-state index contributed by atoms with van der Waals surface area (Å²) < 4.78 is 4.86. The maximum absolute atomic E-state index is 11.3. The lowest BCUT2D eigenvalue weighted by Crippen LogP contribution is -2.33. The predicted molar refractivity (Wildman–Crippen MR) is 49.8 cm³/mol. The Morgan fingerprint density at radius 3 is 2.14 bits per heavy atom. The van der Waals surface area contributed by atoms with Gasteiger partial charge >= 0.3 is 11.7 Å². The van der Waals surface area contributed by atoms with E-state index in [0.29, 0.717) is 0 Å². The summed E-state index contributed by atoms with van der Waals surface area (Å²) in [6.45, 7) is 6.56. The summed E-state index contributed by atoms with van der Waals surface area (Å²) in [6.07, 6.45) is 0.0959. The summed E-state index contributed by atoms with van der Waals surface area (Å²) in [7, 11) is 0. The highest BCUT2D eigenvalue weighted by molar-refractivity contribution is 6.62. The molecule has 0 aliphatic carbocycles. The Balaban J connectivity index is 4.68. The lowest BCUT2D eigenvalue weighted by molar-refractivity contribution is -0.152. The van der Waals surface area contributed by atoms with E-state index in [9.17, 15) is 9.59 Å². The van der Waals surface area contributed by atoms with Gasteiger partial charge in [-0.3, -0.25) is 4.79 Å². The van der Waals surface area contributed by atoms with Gasteiger partial charge in [-0.25, -0.2) is 4.79 Å². The molecule has 5 heteroatoms. The molecule has 0 fully saturated rings. The average Bonchev–Trinajstić information content (AvgIpc) is 2.01. The van der Waals surface area contributed by atoms with Gasteiger partial charge in [-0.2, -0.15) is 4.79 Å². The molecule has 0 radical (unpaired) electrons. The smallest absolute Gasteiger partial charge is 0.441 e. The molecular weight excluding hydrogens is 184 g/mol. The van der Waals surface area contributed by atoms with Gasteiger partial charge in [-0.1, -0.05) is 6.92 Å². The highest BCUT2D eigenvalue weighted by Gasteiger charge is 2.32. The highest BCUT2D eigenvalue weighted by Crippen LogP contribution is 2.07. The number of hydrogen-bond donors (Lipinski definition) is 0. The molecular formula is C9H14N2O3. The number of nitrogens with zero attached hydrogens (tertiary/aromatic N) is 2. The van der Waals surface area contributed by atoms with Crippen LogP contribution >= 0.6 is 0 Å². The fourth-order valence-electron chi connectivity index (χ4n) is 0.704. The maximum atomic E-state index is 11.3. The number of carbonyl (C=O) groups excluding carboxylic acids is 2. The Kier molecular flexibility index (Phi) is 4.18. The van der Waals surface area contributed by atoms with Gasteiger partial charge in [0.1, 0.15) is 5.60 Å². The molecule has 0 amide bonds. The number of carbonyl (C=O) groups is 2. The van der Waals surface area contributed by atoms with Crippen LogP contribution in [0.25, 0.3) is 5.53 Å². The Morgan fingerprint density at radius 2 is 1.86 bits per heavy atom. The molecule has 0 saturated carbocycles. The van der Waals surface area contributed by atoms with E-state index in [4.69, 9.17) is 10.3 Å². The van der Waals surface area contributed by atoms with Crippen molar-refractivity contribution in [1.82, 2.24) is 0 Å². The van der Waals surface area contributed by atoms with Crippen LogP contribution in [0.4, 0.5) is 0 Å². The average molecular weight is 198 g/mol. The Bertz CT molecular complexity index is 296. The second kappa shape index (κ2) is 4.67.